The molecule has 0 aromatic heterocycles. The normalized spacial score (nSPS) is 23.0. The van der Waals surface area contributed by atoms with E-state index in [2.05, 4.69) is 19.2 Å². The minimum absolute atomic E-state index is 0.168. The van der Waals surface area contributed by atoms with Gasteiger partial charge in [-0.1, -0.05) is 38.8 Å². The zero-order chi connectivity index (χ0) is 18.4. The summed E-state index contributed by atoms with van der Waals surface area (Å²) < 4.78 is 10.5. The van der Waals surface area contributed by atoms with Crippen LogP contribution in [0.5, 0.6) is 5.75 Å². The van der Waals surface area contributed by atoms with Gasteiger partial charge in [-0.2, -0.15) is 0 Å². The average Bonchev–Trinajstić information content (AvgIpc) is 2.58. The molecule has 1 saturated carbocycles. The summed E-state index contributed by atoms with van der Waals surface area (Å²) in [6, 6.07) is 5.97. The highest BCUT2D eigenvalue weighted by Gasteiger charge is 2.28. The fraction of sp³-hybridized carbons (Fsp3) is 0.600. The van der Waals surface area contributed by atoms with Crippen LogP contribution in [-0.2, 0) is 14.3 Å². The Labute approximate surface area is 150 Å². The van der Waals surface area contributed by atoms with Crippen molar-refractivity contribution in [3.05, 3.63) is 29.3 Å². The molecule has 1 aromatic rings. The third kappa shape index (κ3) is 5.76. The van der Waals surface area contributed by atoms with Gasteiger partial charge in [-0.3, -0.25) is 4.79 Å². The largest absolute Gasteiger partial charge is 0.482 e. The van der Waals surface area contributed by atoms with Gasteiger partial charge in [0.2, 0.25) is 0 Å². The quantitative estimate of drug-likeness (QED) is 0.803. The summed E-state index contributed by atoms with van der Waals surface area (Å²) in [5, 5.41) is 2.99. The molecular weight excluding hydrogens is 318 g/mol. The molecule has 1 aliphatic carbocycles. The average molecular weight is 347 g/mol. The number of ether oxygens (including phenoxy) is 2. The fourth-order valence-electron chi connectivity index (χ4n) is 3.22. The maximum Gasteiger partial charge on any atom is 0.344 e. The Morgan fingerprint density at radius 2 is 1.92 bits per heavy atom. The SMILES string of the molecule is Cc1ccc(C)c(OCC(=O)OCC(=O)N[C@@H]2CCC[C@H](C)[C@H]2C)c1. The Hall–Kier alpha value is -2.04. The monoisotopic (exact) mass is 347 g/mol. The first-order valence-corrected chi connectivity index (χ1v) is 9.02. The maximum atomic E-state index is 12.0. The molecule has 0 unspecified atom stereocenters. The second-order valence-electron chi connectivity index (χ2n) is 7.16. The van der Waals surface area contributed by atoms with Gasteiger partial charge in [0.05, 0.1) is 0 Å². The van der Waals surface area contributed by atoms with Gasteiger partial charge < -0.3 is 14.8 Å². The Morgan fingerprint density at radius 3 is 2.68 bits per heavy atom. The molecule has 1 aliphatic rings. The first kappa shape index (κ1) is 19.3. The smallest absolute Gasteiger partial charge is 0.344 e. The molecule has 1 aromatic carbocycles. The predicted octanol–water partition coefficient (Wildman–Crippen LogP) is 3.17. The fourth-order valence-corrected chi connectivity index (χ4v) is 3.22. The topological polar surface area (TPSA) is 64.6 Å². The van der Waals surface area contributed by atoms with Crippen molar-refractivity contribution in [2.75, 3.05) is 13.2 Å². The van der Waals surface area contributed by atoms with E-state index in [1.807, 2.05) is 32.0 Å². The summed E-state index contributed by atoms with van der Waals surface area (Å²) in [4.78, 5) is 23.8. The van der Waals surface area contributed by atoms with Gasteiger partial charge in [0.1, 0.15) is 5.75 Å². The summed E-state index contributed by atoms with van der Waals surface area (Å²) in [6.45, 7) is 7.80. The van der Waals surface area contributed by atoms with Crippen LogP contribution in [0.4, 0.5) is 0 Å². The summed E-state index contributed by atoms with van der Waals surface area (Å²) in [6.07, 6.45) is 3.32. The van der Waals surface area contributed by atoms with Crippen LogP contribution in [0.25, 0.3) is 0 Å². The van der Waals surface area contributed by atoms with Gasteiger partial charge in [0.25, 0.3) is 5.91 Å². The van der Waals surface area contributed by atoms with Crippen molar-refractivity contribution in [1.29, 1.82) is 0 Å². The van der Waals surface area contributed by atoms with E-state index in [9.17, 15) is 9.59 Å². The van der Waals surface area contributed by atoms with Crippen molar-refractivity contribution in [1.82, 2.24) is 5.32 Å². The maximum absolute atomic E-state index is 12.0. The second-order valence-corrected chi connectivity index (χ2v) is 7.16. The molecule has 1 amide bonds. The second kappa shape index (κ2) is 8.88. The third-order valence-corrected chi connectivity index (χ3v) is 5.11. The van der Waals surface area contributed by atoms with E-state index in [1.54, 1.807) is 0 Å². The van der Waals surface area contributed by atoms with Crippen LogP contribution in [0.15, 0.2) is 18.2 Å². The Balaban J connectivity index is 1.72. The molecule has 0 aliphatic heterocycles. The van der Waals surface area contributed by atoms with Gasteiger partial charge in [0.15, 0.2) is 13.2 Å². The van der Waals surface area contributed by atoms with Crippen LogP contribution in [0.1, 0.15) is 44.2 Å². The molecule has 2 rings (SSSR count). The number of hydrogen-bond acceptors (Lipinski definition) is 4. The van der Waals surface area contributed by atoms with Crippen molar-refractivity contribution in [3.8, 4) is 5.75 Å². The van der Waals surface area contributed by atoms with Gasteiger partial charge in [-0.25, -0.2) is 4.79 Å². The van der Waals surface area contributed by atoms with E-state index < -0.39 is 5.97 Å². The number of hydrogen-bond donors (Lipinski definition) is 1. The summed E-state index contributed by atoms with van der Waals surface area (Å²) in [5.74, 6) is 0.923. The molecule has 1 N–H and O–H groups in total. The lowest BCUT2D eigenvalue weighted by Gasteiger charge is -2.34. The summed E-state index contributed by atoms with van der Waals surface area (Å²) in [5.41, 5.74) is 2.01. The molecule has 1 fully saturated rings. The first-order valence-electron chi connectivity index (χ1n) is 9.02. The van der Waals surface area contributed by atoms with E-state index in [-0.39, 0.29) is 25.2 Å². The lowest BCUT2D eigenvalue weighted by molar-refractivity contribution is -0.150. The molecule has 0 saturated heterocycles. The van der Waals surface area contributed by atoms with E-state index in [0.717, 1.165) is 24.0 Å². The zero-order valence-electron chi connectivity index (χ0n) is 15.6. The summed E-state index contributed by atoms with van der Waals surface area (Å²) in [7, 11) is 0. The molecule has 0 radical (unpaired) electrons. The zero-order valence-corrected chi connectivity index (χ0v) is 15.6. The highest BCUT2D eigenvalue weighted by atomic mass is 16.6. The molecule has 25 heavy (non-hydrogen) atoms. The molecular formula is C20H29NO4. The lowest BCUT2D eigenvalue weighted by atomic mass is 9.78. The molecule has 0 bridgehead atoms. The van der Waals surface area contributed by atoms with Crippen LogP contribution in [-0.4, -0.2) is 31.1 Å². The molecule has 3 atom stereocenters. The van der Waals surface area contributed by atoms with Crippen LogP contribution in [0.2, 0.25) is 0 Å². The number of carbonyl (C=O) groups is 2. The van der Waals surface area contributed by atoms with Crippen molar-refractivity contribution in [3.63, 3.8) is 0 Å². The molecule has 0 spiro atoms. The third-order valence-electron chi connectivity index (χ3n) is 5.11. The number of amides is 1. The Kier molecular flexibility index (Phi) is 6.85. The van der Waals surface area contributed by atoms with Crippen LogP contribution >= 0.6 is 0 Å². The Bertz CT molecular complexity index is 614. The molecule has 5 nitrogen and oxygen atoms in total. The Morgan fingerprint density at radius 1 is 1.16 bits per heavy atom. The predicted molar refractivity (Wildman–Crippen MR) is 96.5 cm³/mol. The number of rotatable bonds is 6. The van der Waals surface area contributed by atoms with Crippen LogP contribution in [0, 0.1) is 25.7 Å². The minimum atomic E-state index is -0.541. The van der Waals surface area contributed by atoms with E-state index in [1.165, 1.54) is 6.42 Å². The van der Waals surface area contributed by atoms with E-state index in [4.69, 9.17) is 9.47 Å². The number of aryl methyl sites for hydroxylation is 2. The standard InChI is InChI=1S/C20H29NO4/c1-13-8-9-15(3)18(10-13)24-12-20(23)25-11-19(22)21-17-7-5-6-14(2)16(17)4/h8-10,14,16-17H,5-7,11-12H2,1-4H3,(H,21,22)/t14-,16+,17+/m0/s1. The van der Waals surface area contributed by atoms with E-state index >= 15 is 0 Å². The lowest BCUT2D eigenvalue weighted by Crippen LogP contribution is -2.45. The summed E-state index contributed by atoms with van der Waals surface area (Å²) >= 11 is 0. The van der Waals surface area contributed by atoms with Crippen LogP contribution in [0.3, 0.4) is 0 Å². The number of benzene rings is 1. The van der Waals surface area contributed by atoms with Gasteiger partial charge >= 0.3 is 5.97 Å². The molecule has 138 valence electrons. The molecule has 5 heteroatoms. The minimum Gasteiger partial charge on any atom is -0.482 e. The highest BCUT2D eigenvalue weighted by Crippen LogP contribution is 2.29. The first-order chi connectivity index (χ1) is 11.9. The number of nitrogens with one attached hydrogen (secondary N) is 1. The van der Waals surface area contributed by atoms with Crippen molar-refractivity contribution < 1.29 is 19.1 Å². The van der Waals surface area contributed by atoms with Gasteiger partial charge in [-0.05, 0) is 49.3 Å². The van der Waals surface area contributed by atoms with Gasteiger partial charge in [0, 0.05) is 6.04 Å². The highest BCUT2D eigenvalue weighted by molar-refractivity contribution is 5.81. The van der Waals surface area contributed by atoms with Crippen molar-refractivity contribution >= 4 is 11.9 Å². The molecule has 0 heterocycles. The van der Waals surface area contributed by atoms with Crippen molar-refractivity contribution in [2.45, 2.75) is 53.0 Å². The number of esters is 1. The van der Waals surface area contributed by atoms with Crippen LogP contribution < -0.4 is 10.1 Å². The van der Waals surface area contributed by atoms with E-state index in [0.29, 0.717) is 17.6 Å². The van der Waals surface area contributed by atoms with Gasteiger partial charge in [-0.15, -0.1) is 0 Å². The van der Waals surface area contributed by atoms with Crippen molar-refractivity contribution in [2.24, 2.45) is 11.8 Å². The number of carbonyl (C=O) groups excluding carboxylic acids is 2.